The van der Waals surface area contributed by atoms with Crippen LogP contribution in [0.15, 0.2) is 12.1 Å². The first-order valence-corrected chi connectivity index (χ1v) is 7.64. The minimum atomic E-state index is -0.286. The van der Waals surface area contributed by atoms with Gasteiger partial charge in [-0.05, 0) is 70.4 Å². The highest BCUT2D eigenvalue weighted by Crippen LogP contribution is 2.45. The lowest BCUT2D eigenvalue weighted by Crippen LogP contribution is -2.26. The highest BCUT2D eigenvalue weighted by atomic mass is 16.5. The van der Waals surface area contributed by atoms with Gasteiger partial charge in [0.1, 0.15) is 11.4 Å². The standard InChI is InChI=1S/C16H25N3O/c1-16(2,3)20-15-12(17)8-9-13(19-15)18-14(10-4-5-10)11-6-7-11/h8-11,14H,4-7,17H2,1-3H3,(H,18,19). The molecule has 4 heteroatoms. The zero-order chi connectivity index (χ0) is 14.3. The topological polar surface area (TPSA) is 60.2 Å². The van der Waals surface area contributed by atoms with Crippen LogP contribution in [0.4, 0.5) is 11.5 Å². The Labute approximate surface area is 121 Å². The van der Waals surface area contributed by atoms with E-state index in [9.17, 15) is 0 Å². The number of nitrogens with two attached hydrogens (primary N) is 1. The van der Waals surface area contributed by atoms with E-state index in [4.69, 9.17) is 10.5 Å². The fraction of sp³-hybridized carbons (Fsp3) is 0.688. The quantitative estimate of drug-likeness (QED) is 0.864. The average Bonchev–Trinajstić information content (AvgIpc) is 3.22. The molecule has 2 fully saturated rings. The summed E-state index contributed by atoms with van der Waals surface area (Å²) in [5.41, 5.74) is 6.27. The fourth-order valence-corrected chi connectivity index (χ4v) is 2.61. The summed E-state index contributed by atoms with van der Waals surface area (Å²) in [6.45, 7) is 6.02. The van der Waals surface area contributed by atoms with Crippen molar-refractivity contribution in [3.63, 3.8) is 0 Å². The summed E-state index contributed by atoms with van der Waals surface area (Å²) in [5.74, 6) is 3.11. The molecule has 3 rings (SSSR count). The van der Waals surface area contributed by atoms with Gasteiger partial charge in [0, 0.05) is 6.04 Å². The van der Waals surface area contributed by atoms with Crippen molar-refractivity contribution in [3.05, 3.63) is 12.1 Å². The second-order valence-electron chi connectivity index (χ2n) is 7.15. The van der Waals surface area contributed by atoms with Crippen LogP contribution >= 0.6 is 0 Å². The molecule has 110 valence electrons. The van der Waals surface area contributed by atoms with Crippen molar-refractivity contribution >= 4 is 11.5 Å². The maximum atomic E-state index is 5.96. The van der Waals surface area contributed by atoms with E-state index in [1.54, 1.807) is 0 Å². The summed E-state index contributed by atoms with van der Waals surface area (Å²) in [4.78, 5) is 4.56. The predicted molar refractivity (Wildman–Crippen MR) is 81.9 cm³/mol. The minimum absolute atomic E-state index is 0.286. The molecule has 20 heavy (non-hydrogen) atoms. The molecule has 4 nitrogen and oxygen atoms in total. The van der Waals surface area contributed by atoms with Gasteiger partial charge in [-0.25, -0.2) is 0 Å². The van der Waals surface area contributed by atoms with E-state index in [2.05, 4.69) is 10.3 Å². The highest BCUT2D eigenvalue weighted by Gasteiger charge is 2.41. The SMILES string of the molecule is CC(C)(C)Oc1nc(NC(C2CC2)C2CC2)ccc1N. The van der Waals surface area contributed by atoms with Crippen LogP contribution in [0.3, 0.4) is 0 Å². The lowest BCUT2D eigenvalue weighted by atomic mass is 10.1. The number of aromatic nitrogens is 1. The van der Waals surface area contributed by atoms with Crippen molar-refractivity contribution < 1.29 is 4.74 Å². The average molecular weight is 275 g/mol. The number of rotatable bonds is 5. The van der Waals surface area contributed by atoms with Crippen LogP contribution in [0.25, 0.3) is 0 Å². The Kier molecular flexibility index (Phi) is 3.27. The molecule has 1 heterocycles. The van der Waals surface area contributed by atoms with Gasteiger partial charge in [0.25, 0.3) is 0 Å². The Morgan fingerprint density at radius 1 is 1.20 bits per heavy atom. The number of pyridine rings is 1. The molecule has 0 aromatic carbocycles. The van der Waals surface area contributed by atoms with Gasteiger partial charge < -0.3 is 15.8 Å². The number of hydrogen-bond acceptors (Lipinski definition) is 4. The first-order valence-electron chi connectivity index (χ1n) is 7.64. The summed E-state index contributed by atoms with van der Waals surface area (Å²) in [5, 5.41) is 3.61. The summed E-state index contributed by atoms with van der Waals surface area (Å²) >= 11 is 0. The molecule has 0 bridgehead atoms. The zero-order valence-corrected chi connectivity index (χ0v) is 12.6. The smallest absolute Gasteiger partial charge is 0.239 e. The van der Waals surface area contributed by atoms with Gasteiger partial charge in [0.2, 0.25) is 5.88 Å². The maximum Gasteiger partial charge on any atom is 0.239 e. The summed E-state index contributed by atoms with van der Waals surface area (Å²) in [6, 6.07) is 4.43. The monoisotopic (exact) mass is 275 g/mol. The van der Waals surface area contributed by atoms with Crippen LogP contribution in [0.2, 0.25) is 0 Å². The van der Waals surface area contributed by atoms with Gasteiger partial charge in [-0.1, -0.05) is 0 Å². The third kappa shape index (κ3) is 3.35. The number of anilines is 2. The van der Waals surface area contributed by atoms with Crippen molar-refractivity contribution in [2.24, 2.45) is 11.8 Å². The first-order chi connectivity index (χ1) is 9.42. The Bertz CT molecular complexity index is 475. The van der Waals surface area contributed by atoms with Crippen LogP contribution in [-0.2, 0) is 0 Å². The van der Waals surface area contributed by atoms with Crippen LogP contribution in [0.5, 0.6) is 5.88 Å². The molecule has 0 aliphatic heterocycles. The predicted octanol–water partition coefficient (Wildman–Crippen LogP) is 3.44. The van der Waals surface area contributed by atoms with Gasteiger partial charge >= 0.3 is 0 Å². The molecule has 0 radical (unpaired) electrons. The fourth-order valence-electron chi connectivity index (χ4n) is 2.61. The second kappa shape index (κ2) is 4.83. The third-order valence-corrected chi connectivity index (χ3v) is 3.87. The maximum absolute atomic E-state index is 5.96. The van der Waals surface area contributed by atoms with E-state index in [-0.39, 0.29) is 5.60 Å². The van der Waals surface area contributed by atoms with E-state index in [0.29, 0.717) is 17.6 Å². The number of hydrogen-bond donors (Lipinski definition) is 2. The Morgan fingerprint density at radius 3 is 2.30 bits per heavy atom. The van der Waals surface area contributed by atoms with E-state index < -0.39 is 0 Å². The molecule has 0 amide bonds. The van der Waals surface area contributed by atoms with Crippen LogP contribution in [-0.4, -0.2) is 16.6 Å². The van der Waals surface area contributed by atoms with Crippen LogP contribution in [0, 0.1) is 11.8 Å². The lowest BCUT2D eigenvalue weighted by molar-refractivity contribution is 0.125. The third-order valence-electron chi connectivity index (χ3n) is 3.87. The van der Waals surface area contributed by atoms with Gasteiger partial charge in [0.05, 0.1) is 5.69 Å². The molecule has 0 unspecified atom stereocenters. The number of ether oxygens (including phenoxy) is 1. The van der Waals surface area contributed by atoms with E-state index >= 15 is 0 Å². The second-order valence-corrected chi connectivity index (χ2v) is 7.15. The molecule has 2 aliphatic carbocycles. The van der Waals surface area contributed by atoms with Gasteiger partial charge in [-0.15, -0.1) is 0 Å². The largest absolute Gasteiger partial charge is 0.470 e. The first kappa shape index (κ1) is 13.5. The molecule has 3 N–H and O–H groups in total. The summed E-state index contributed by atoms with van der Waals surface area (Å²) in [6.07, 6.45) is 5.42. The van der Waals surface area contributed by atoms with Crippen LogP contribution < -0.4 is 15.8 Å². The molecule has 1 aromatic heterocycles. The van der Waals surface area contributed by atoms with Gasteiger partial charge in [-0.2, -0.15) is 4.98 Å². The van der Waals surface area contributed by atoms with Crippen molar-refractivity contribution in [1.82, 2.24) is 4.98 Å². The molecular formula is C16H25N3O. The van der Waals surface area contributed by atoms with E-state index in [0.717, 1.165) is 17.7 Å². The molecule has 2 aliphatic rings. The summed E-state index contributed by atoms with van der Waals surface area (Å²) in [7, 11) is 0. The number of nitrogens with one attached hydrogen (secondary N) is 1. The molecule has 0 atom stereocenters. The zero-order valence-electron chi connectivity index (χ0n) is 12.6. The Balaban J connectivity index is 1.74. The van der Waals surface area contributed by atoms with Crippen molar-refractivity contribution in [3.8, 4) is 5.88 Å². The lowest BCUT2D eigenvalue weighted by Gasteiger charge is -2.23. The minimum Gasteiger partial charge on any atom is -0.470 e. The molecular weight excluding hydrogens is 250 g/mol. The molecule has 1 aromatic rings. The van der Waals surface area contributed by atoms with Crippen molar-refractivity contribution in [1.29, 1.82) is 0 Å². The molecule has 2 saturated carbocycles. The van der Waals surface area contributed by atoms with Gasteiger partial charge in [-0.3, -0.25) is 0 Å². The molecule has 0 saturated heterocycles. The Hall–Kier alpha value is -1.45. The van der Waals surface area contributed by atoms with Crippen molar-refractivity contribution in [2.45, 2.75) is 58.1 Å². The van der Waals surface area contributed by atoms with Gasteiger partial charge in [0.15, 0.2) is 0 Å². The highest BCUT2D eigenvalue weighted by molar-refractivity contribution is 5.54. The van der Waals surface area contributed by atoms with E-state index in [1.807, 2.05) is 32.9 Å². The number of nitrogens with zero attached hydrogens (tertiary/aromatic N) is 1. The van der Waals surface area contributed by atoms with E-state index in [1.165, 1.54) is 25.7 Å². The van der Waals surface area contributed by atoms with Crippen LogP contribution in [0.1, 0.15) is 46.5 Å². The normalized spacial score (nSPS) is 19.2. The molecule has 0 spiro atoms. The summed E-state index contributed by atoms with van der Waals surface area (Å²) < 4.78 is 5.83. The number of nitrogen functional groups attached to an aromatic ring is 1. The Morgan fingerprint density at radius 2 is 1.80 bits per heavy atom. The van der Waals surface area contributed by atoms with Crippen molar-refractivity contribution in [2.75, 3.05) is 11.1 Å².